The van der Waals surface area contributed by atoms with E-state index in [4.69, 9.17) is 0 Å². The number of aromatic amines is 1. The van der Waals surface area contributed by atoms with Gasteiger partial charge in [-0.15, -0.1) is 0 Å². The second-order valence-electron chi connectivity index (χ2n) is 6.45. The molecule has 3 heterocycles. The lowest BCUT2D eigenvalue weighted by molar-refractivity contribution is -0.125. The summed E-state index contributed by atoms with van der Waals surface area (Å²) >= 11 is 0. The van der Waals surface area contributed by atoms with E-state index in [1.165, 1.54) is 0 Å². The highest BCUT2D eigenvalue weighted by molar-refractivity contribution is 5.78. The Morgan fingerprint density at radius 3 is 3.12 bits per heavy atom. The van der Waals surface area contributed by atoms with Crippen LogP contribution in [0.15, 0.2) is 48.9 Å². The highest BCUT2D eigenvalue weighted by atomic mass is 16.1. The Morgan fingerprint density at radius 2 is 2.24 bits per heavy atom. The number of benzene rings is 1. The maximum absolute atomic E-state index is 12.6. The number of carbonyl (C=O) groups excluding carboxylic acids is 1. The molecule has 4 rings (SSSR count). The largest absolute Gasteiger partial charge is 0.352 e. The molecule has 3 aromatic rings. The van der Waals surface area contributed by atoms with Crippen LogP contribution >= 0.6 is 0 Å². The monoisotopic (exact) mass is 335 g/mol. The summed E-state index contributed by atoms with van der Waals surface area (Å²) in [5.41, 5.74) is 3.14. The van der Waals surface area contributed by atoms with Crippen LogP contribution < -0.4 is 5.32 Å². The summed E-state index contributed by atoms with van der Waals surface area (Å²) in [6.45, 7) is 1.41. The maximum atomic E-state index is 12.6. The Labute approximate surface area is 146 Å². The van der Waals surface area contributed by atoms with Gasteiger partial charge in [-0.25, -0.2) is 4.98 Å². The molecule has 0 aliphatic carbocycles. The molecule has 1 aliphatic rings. The second-order valence-corrected chi connectivity index (χ2v) is 6.45. The van der Waals surface area contributed by atoms with Crippen molar-refractivity contribution in [2.45, 2.75) is 32.4 Å². The van der Waals surface area contributed by atoms with Crippen molar-refractivity contribution in [2.75, 3.05) is 0 Å². The first-order chi connectivity index (χ1) is 12.3. The minimum Gasteiger partial charge on any atom is -0.352 e. The van der Waals surface area contributed by atoms with Gasteiger partial charge in [-0.3, -0.25) is 9.89 Å². The average Bonchev–Trinajstić information content (AvgIpc) is 3.29. The standard InChI is InChI=1S/C19H21N5O/c25-19(15-4-5-18-20-9-11-24(18)10-7-15)21-13-14-2-1-3-16(12-14)17-6-8-22-23-17/h1-3,6,8-9,11-12,15H,4-5,7,10,13H2,(H,21,25)(H,22,23). The fourth-order valence-electron chi connectivity index (χ4n) is 3.38. The van der Waals surface area contributed by atoms with Crippen molar-refractivity contribution in [1.29, 1.82) is 0 Å². The van der Waals surface area contributed by atoms with Crippen LogP contribution in [0.1, 0.15) is 24.2 Å². The highest BCUT2D eigenvalue weighted by Gasteiger charge is 2.22. The van der Waals surface area contributed by atoms with Crippen LogP contribution in [-0.2, 0) is 24.3 Å². The number of hydrogen-bond donors (Lipinski definition) is 2. The molecular weight excluding hydrogens is 314 g/mol. The van der Waals surface area contributed by atoms with E-state index in [1.807, 2.05) is 36.7 Å². The average molecular weight is 335 g/mol. The lowest BCUT2D eigenvalue weighted by Gasteiger charge is -2.14. The van der Waals surface area contributed by atoms with Crippen molar-refractivity contribution in [1.82, 2.24) is 25.1 Å². The van der Waals surface area contributed by atoms with E-state index in [-0.39, 0.29) is 11.8 Å². The maximum Gasteiger partial charge on any atom is 0.223 e. The van der Waals surface area contributed by atoms with Crippen LogP contribution in [0.3, 0.4) is 0 Å². The predicted octanol–water partition coefficient (Wildman–Crippen LogP) is 2.54. The van der Waals surface area contributed by atoms with E-state index in [1.54, 1.807) is 6.20 Å². The fourth-order valence-corrected chi connectivity index (χ4v) is 3.38. The van der Waals surface area contributed by atoms with Crippen molar-refractivity contribution in [3.05, 3.63) is 60.3 Å². The molecule has 128 valence electrons. The van der Waals surface area contributed by atoms with Gasteiger partial charge in [0.05, 0.1) is 5.69 Å². The van der Waals surface area contributed by atoms with Gasteiger partial charge in [0.1, 0.15) is 5.82 Å². The molecule has 1 atom stereocenters. The lowest BCUT2D eigenvalue weighted by atomic mass is 9.99. The third-order valence-corrected chi connectivity index (χ3v) is 4.81. The third-order valence-electron chi connectivity index (χ3n) is 4.81. The molecule has 2 N–H and O–H groups in total. The molecule has 0 bridgehead atoms. The Hall–Kier alpha value is -2.89. The number of rotatable bonds is 4. The highest BCUT2D eigenvalue weighted by Crippen LogP contribution is 2.20. The number of nitrogens with one attached hydrogen (secondary N) is 2. The zero-order chi connectivity index (χ0) is 17.1. The molecule has 0 saturated heterocycles. The molecule has 0 spiro atoms. The number of carbonyl (C=O) groups is 1. The quantitative estimate of drug-likeness (QED) is 0.769. The van der Waals surface area contributed by atoms with Gasteiger partial charge < -0.3 is 9.88 Å². The Bertz CT molecular complexity index is 830. The molecule has 1 aromatic carbocycles. The molecular formula is C19H21N5O. The molecule has 1 aliphatic heterocycles. The van der Waals surface area contributed by atoms with Crippen molar-refractivity contribution < 1.29 is 4.79 Å². The smallest absolute Gasteiger partial charge is 0.223 e. The van der Waals surface area contributed by atoms with Gasteiger partial charge in [-0.1, -0.05) is 18.2 Å². The molecule has 6 heteroatoms. The van der Waals surface area contributed by atoms with E-state index in [0.717, 1.165) is 48.5 Å². The zero-order valence-electron chi connectivity index (χ0n) is 14.0. The minimum atomic E-state index is 0.0532. The number of aromatic nitrogens is 4. The Morgan fingerprint density at radius 1 is 1.28 bits per heavy atom. The number of hydrogen-bond acceptors (Lipinski definition) is 3. The first kappa shape index (κ1) is 15.6. The van der Waals surface area contributed by atoms with Gasteiger partial charge in [0.15, 0.2) is 0 Å². The summed E-state index contributed by atoms with van der Waals surface area (Å²) in [6.07, 6.45) is 8.15. The molecule has 25 heavy (non-hydrogen) atoms. The molecule has 0 fully saturated rings. The van der Waals surface area contributed by atoms with E-state index in [0.29, 0.717) is 6.54 Å². The summed E-state index contributed by atoms with van der Waals surface area (Å²) in [6, 6.07) is 10.1. The minimum absolute atomic E-state index is 0.0532. The number of fused-ring (bicyclic) bond motifs is 1. The number of amides is 1. The van der Waals surface area contributed by atoms with Gasteiger partial charge in [0, 0.05) is 44.0 Å². The number of aryl methyl sites for hydroxylation is 2. The van der Waals surface area contributed by atoms with Crippen LogP contribution in [0.25, 0.3) is 11.3 Å². The Balaban J connectivity index is 1.36. The zero-order valence-corrected chi connectivity index (χ0v) is 14.0. The van der Waals surface area contributed by atoms with Gasteiger partial charge in [0.2, 0.25) is 5.91 Å². The summed E-state index contributed by atoms with van der Waals surface area (Å²) in [5, 5.41) is 10.0. The van der Waals surface area contributed by atoms with Gasteiger partial charge in [-0.2, -0.15) is 5.10 Å². The number of H-pyrrole nitrogens is 1. The van der Waals surface area contributed by atoms with Crippen molar-refractivity contribution in [3.63, 3.8) is 0 Å². The Kier molecular flexibility index (Phi) is 4.33. The second kappa shape index (κ2) is 6.93. The molecule has 1 unspecified atom stereocenters. The van der Waals surface area contributed by atoms with Crippen LogP contribution in [0.5, 0.6) is 0 Å². The van der Waals surface area contributed by atoms with Gasteiger partial charge in [0.25, 0.3) is 0 Å². The first-order valence-corrected chi connectivity index (χ1v) is 8.66. The van der Waals surface area contributed by atoms with Crippen molar-refractivity contribution in [3.8, 4) is 11.3 Å². The van der Waals surface area contributed by atoms with Crippen LogP contribution in [0, 0.1) is 5.92 Å². The third kappa shape index (κ3) is 3.47. The molecule has 0 radical (unpaired) electrons. The number of nitrogens with zero attached hydrogens (tertiary/aromatic N) is 3. The fraction of sp³-hybridized carbons (Fsp3) is 0.316. The topological polar surface area (TPSA) is 75.6 Å². The summed E-state index contributed by atoms with van der Waals surface area (Å²) in [7, 11) is 0. The summed E-state index contributed by atoms with van der Waals surface area (Å²) in [5.74, 6) is 1.28. The van der Waals surface area contributed by atoms with Crippen LogP contribution in [0.2, 0.25) is 0 Å². The van der Waals surface area contributed by atoms with E-state index in [9.17, 15) is 4.79 Å². The predicted molar refractivity (Wildman–Crippen MR) is 94.5 cm³/mol. The normalized spacial score (nSPS) is 16.9. The van der Waals surface area contributed by atoms with Gasteiger partial charge in [-0.05, 0) is 36.1 Å². The van der Waals surface area contributed by atoms with E-state index < -0.39 is 0 Å². The van der Waals surface area contributed by atoms with Crippen LogP contribution in [-0.4, -0.2) is 25.7 Å². The summed E-state index contributed by atoms with van der Waals surface area (Å²) in [4.78, 5) is 16.9. The van der Waals surface area contributed by atoms with E-state index >= 15 is 0 Å². The SMILES string of the molecule is O=C(NCc1cccc(-c2ccn[nH]2)c1)C1CCc2nccn2CC1. The first-order valence-electron chi connectivity index (χ1n) is 8.66. The van der Waals surface area contributed by atoms with Gasteiger partial charge >= 0.3 is 0 Å². The molecule has 1 amide bonds. The summed E-state index contributed by atoms with van der Waals surface area (Å²) < 4.78 is 2.15. The molecule has 0 saturated carbocycles. The van der Waals surface area contributed by atoms with Crippen molar-refractivity contribution in [2.24, 2.45) is 5.92 Å². The van der Waals surface area contributed by atoms with E-state index in [2.05, 4.69) is 31.1 Å². The van der Waals surface area contributed by atoms with Crippen molar-refractivity contribution >= 4 is 5.91 Å². The lowest BCUT2D eigenvalue weighted by Crippen LogP contribution is -2.30. The number of imidazole rings is 1. The van der Waals surface area contributed by atoms with Crippen LogP contribution in [0.4, 0.5) is 0 Å². The molecule has 6 nitrogen and oxygen atoms in total. The molecule has 2 aromatic heterocycles.